The van der Waals surface area contributed by atoms with Gasteiger partial charge in [0.05, 0.1) is 0 Å². The molecular weight excluding hydrogens is 412 g/mol. The maximum Gasteiger partial charge on any atom is 0.329 e. The molecule has 6 nitrogen and oxygen atoms in total. The molecule has 2 aromatic carbocycles. The fraction of sp³-hybridized carbons (Fsp3) is 0.333. The number of hydrogen-bond acceptors (Lipinski definition) is 4. The first-order valence-corrected chi connectivity index (χ1v) is 10.8. The van der Waals surface area contributed by atoms with E-state index in [9.17, 15) is 13.6 Å². The van der Waals surface area contributed by atoms with Crippen LogP contribution < -0.4 is 10.2 Å². The first-order valence-electron chi connectivity index (χ1n) is 10.8. The minimum Gasteiger partial charge on any atom is -0.325 e. The maximum atomic E-state index is 13.8. The summed E-state index contributed by atoms with van der Waals surface area (Å²) in [7, 11) is 0. The number of nitrogens with one attached hydrogen (secondary N) is 1. The fourth-order valence-corrected chi connectivity index (χ4v) is 4.72. The average molecular weight is 437 g/mol. The van der Waals surface area contributed by atoms with E-state index in [0.29, 0.717) is 28.8 Å². The zero-order valence-electron chi connectivity index (χ0n) is 18.1. The van der Waals surface area contributed by atoms with Crippen LogP contribution in [-0.2, 0) is 6.54 Å². The molecule has 2 unspecified atom stereocenters. The van der Waals surface area contributed by atoms with E-state index in [-0.39, 0.29) is 18.6 Å². The first-order chi connectivity index (χ1) is 15.4. The van der Waals surface area contributed by atoms with Crippen LogP contribution >= 0.6 is 0 Å². The second-order valence-corrected chi connectivity index (χ2v) is 8.77. The SMILES string of the molecule is Cc1cc(F)c(F)cc1N1C=C2N=C(C3CN(Cc4ccccc4)CC3C)NC(=O)N2C1. The number of nitrogens with zero attached hydrogens (tertiary/aromatic N) is 4. The highest BCUT2D eigenvalue weighted by atomic mass is 19.2. The molecule has 0 bridgehead atoms. The van der Waals surface area contributed by atoms with Crippen molar-refractivity contribution in [3.05, 3.63) is 77.2 Å². The lowest BCUT2D eigenvalue weighted by atomic mass is 9.96. The maximum absolute atomic E-state index is 13.8. The number of carbonyl (C=O) groups is 1. The lowest BCUT2D eigenvalue weighted by Crippen LogP contribution is -2.49. The summed E-state index contributed by atoms with van der Waals surface area (Å²) in [5.41, 5.74) is 2.36. The molecule has 2 atom stereocenters. The Morgan fingerprint density at radius 3 is 2.66 bits per heavy atom. The molecule has 166 valence electrons. The van der Waals surface area contributed by atoms with E-state index in [4.69, 9.17) is 4.99 Å². The van der Waals surface area contributed by atoms with Gasteiger partial charge in [-0.1, -0.05) is 37.3 Å². The van der Waals surface area contributed by atoms with Crippen LogP contribution in [0.5, 0.6) is 0 Å². The summed E-state index contributed by atoms with van der Waals surface area (Å²) in [5.74, 6) is -0.156. The monoisotopic (exact) mass is 437 g/mol. The van der Waals surface area contributed by atoms with E-state index in [1.165, 1.54) is 10.5 Å². The average Bonchev–Trinajstić information content (AvgIpc) is 3.35. The molecule has 0 saturated carbocycles. The van der Waals surface area contributed by atoms with Gasteiger partial charge >= 0.3 is 6.03 Å². The number of halogens is 2. The van der Waals surface area contributed by atoms with Crippen LogP contribution in [0.15, 0.2) is 59.5 Å². The number of carbonyl (C=O) groups excluding carboxylic acids is 1. The van der Waals surface area contributed by atoms with Crippen molar-refractivity contribution in [1.29, 1.82) is 0 Å². The molecule has 32 heavy (non-hydrogen) atoms. The van der Waals surface area contributed by atoms with Crippen LogP contribution in [0.1, 0.15) is 18.1 Å². The molecule has 8 heteroatoms. The van der Waals surface area contributed by atoms with Gasteiger partial charge in [-0.25, -0.2) is 18.6 Å². The molecule has 2 amide bonds. The van der Waals surface area contributed by atoms with Gasteiger partial charge in [-0.3, -0.25) is 15.1 Å². The van der Waals surface area contributed by atoms with E-state index < -0.39 is 11.6 Å². The smallest absolute Gasteiger partial charge is 0.325 e. The van der Waals surface area contributed by atoms with E-state index in [1.54, 1.807) is 18.0 Å². The van der Waals surface area contributed by atoms with Gasteiger partial charge in [-0.15, -0.1) is 0 Å². The summed E-state index contributed by atoms with van der Waals surface area (Å²) in [5, 5.41) is 2.96. The third kappa shape index (κ3) is 3.75. The van der Waals surface area contributed by atoms with Crippen molar-refractivity contribution in [2.24, 2.45) is 16.8 Å². The Balaban J connectivity index is 1.36. The van der Waals surface area contributed by atoms with Crippen LogP contribution in [0.25, 0.3) is 0 Å². The number of rotatable bonds is 4. The predicted octanol–water partition coefficient (Wildman–Crippen LogP) is 4.04. The molecule has 0 aliphatic carbocycles. The highest BCUT2D eigenvalue weighted by Crippen LogP contribution is 2.32. The Kier molecular flexibility index (Phi) is 5.17. The summed E-state index contributed by atoms with van der Waals surface area (Å²) < 4.78 is 27.3. The number of urea groups is 1. The van der Waals surface area contributed by atoms with Crippen molar-refractivity contribution in [1.82, 2.24) is 15.1 Å². The molecule has 0 radical (unpaired) electrons. The zero-order chi connectivity index (χ0) is 22.4. The van der Waals surface area contributed by atoms with Gasteiger partial charge in [0, 0.05) is 43.5 Å². The van der Waals surface area contributed by atoms with Gasteiger partial charge in [0.2, 0.25) is 0 Å². The van der Waals surface area contributed by atoms with Crippen molar-refractivity contribution in [3.63, 3.8) is 0 Å². The van der Waals surface area contributed by atoms with Crippen molar-refractivity contribution < 1.29 is 13.6 Å². The van der Waals surface area contributed by atoms with Crippen molar-refractivity contribution in [2.75, 3.05) is 24.7 Å². The van der Waals surface area contributed by atoms with Gasteiger partial charge in [0.25, 0.3) is 0 Å². The van der Waals surface area contributed by atoms with Crippen LogP contribution in [-0.4, -0.2) is 41.4 Å². The van der Waals surface area contributed by atoms with E-state index in [0.717, 1.165) is 31.8 Å². The molecule has 3 aliphatic rings. The standard InChI is InChI=1S/C24H25F2N5O/c1-15-8-19(25)20(26)9-21(15)30-13-22-27-23(28-24(32)31(22)14-30)18-12-29(10-16(18)2)11-17-6-4-3-5-7-17/h3-9,13,16,18H,10-12,14H2,1-2H3,(H,27,28,32). The molecule has 1 saturated heterocycles. The highest BCUT2D eigenvalue weighted by Gasteiger charge is 2.39. The van der Waals surface area contributed by atoms with Crippen molar-refractivity contribution in [3.8, 4) is 0 Å². The molecule has 3 heterocycles. The third-order valence-electron chi connectivity index (χ3n) is 6.39. The molecule has 5 rings (SSSR count). The van der Waals surface area contributed by atoms with Crippen LogP contribution in [0.2, 0.25) is 0 Å². The Morgan fingerprint density at radius 1 is 1.12 bits per heavy atom. The lowest BCUT2D eigenvalue weighted by molar-refractivity contribution is 0.216. The molecule has 0 aromatic heterocycles. The number of benzene rings is 2. The Morgan fingerprint density at radius 2 is 1.88 bits per heavy atom. The second kappa shape index (κ2) is 8.02. The summed E-state index contributed by atoms with van der Waals surface area (Å²) >= 11 is 0. The first kappa shape index (κ1) is 20.6. The van der Waals surface area contributed by atoms with Crippen molar-refractivity contribution >= 4 is 17.6 Å². The Hall–Kier alpha value is -3.26. The van der Waals surface area contributed by atoms with E-state index in [1.807, 2.05) is 18.2 Å². The van der Waals surface area contributed by atoms with Gasteiger partial charge < -0.3 is 4.90 Å². The molecule has 1 N–H and O–H groups in total. The number of amides is 2. The number of likely N-dealkylation sites (tertiary alicyclic amines) is 1. The third-order valence-corrected chi connectivity index (χ3v) is 6.39. The Labute approximate surface area is 185 Å². The van der Waals surface area contributed by atoms with Gasteiger partial charge in [-0.2, -0.15) is 0 Å². The largest absolute Gasteiger partial charge is 0.329 e. The number of hydrogen-bond donors (Lipinski definition) is 1. The van der Waals surface area contributed by atoms with E-state index >= 15 is 0 Å². The van der Waals surface area contributed by atoms with Crippen molar-refractivity contribution in [2.45, 2.75) is 20.4 Å². The molecule has 1 fully saturated rings. The lowest BCUT2D eigenvalue weighted by Gasteiger charge is -2.28. The zero-order valence-corrected chi connectivity index (χ0v) is 18.1. The minimum absolute atomic E-state index is 0.116. The summed E-state index contributed by atoms with van der Waals surface area (Å²) in [6.45, 7) is 6.69. The predicted molar refractivity (Wildman–Crippen MR) is 119 cm³/mol. The normalized spacial score (nSPS) is 23.2. The molecular formula is C24H25F2N5O. The highest BCUT2D eigenvalue weighted by molar-refractivity contribution is 6.02. The van der Waals surface area contributed by atoms with Gasteiger partial charge in [0.15, 0.2) is 17.5 Å². The van der Waals surface area contributed by atoms with Crippen LogP contribution in [0, 0.1) is 30.4 Å². The summed E-state index contributed by atoms with van der Waals surface area (Å²) in [6.07, 6.45) is 1.72. The quantitative estimate of drug-likeness (QED) is 0.786. The fourth-order valence-electron chi connectivity index (χ4n) is 4.72. The van der Waals surface area contributed by atoms with Crippen LogP contribution in [0.3, 0.4) is 0 Å². The number of amidine groups is 1. The molecule has 2 aromatic rings. The van der Waals surface area contributed by atoms with E-state index in [2.05, 4.69) is 29.3 Å². The topological polar surface area (TPSA) is 51.2 Å². The van der Waals surface area contributed by atoms with Crippen LogP contribution in [0.4, 0.5) is 19.3 Å². The second-order valence-electron chi connectivity index (χ2n) is 8.77. The van der Waals surface area contributed by atoms with Gasteiger partial charge in [0.1, 0.15) is 12.5 Å². The number of fused-ring (bicyclic) bond motifs is 1. The Bertz CT molecular complexity index is 1120. The molecule has 0 spiro atoms. The summed E-state index contributed by atoms with van der Waals surface area (Å²) in [6, 6.07) is 12.4. The number of anilines is 1. The minimum atomic E-state index is -0.916. The molecule has 3 aliphatic heterocycles. The van der Waals surface area contributed by atoms with Gasteiger partial charge in [-0.05, 0) is 30.0 Å². The summed E-state index contributed by atoms with van der Waals surface area (Å²) in [4.78, 5) is 23.2. The number of aliphatic imine (C=N–C) groups is 1. The number of aryl methyl sites for hydroxylation is 1.